The fraction of sp³-hybridized carbons (Fsp3) is 0.943. The van der Waals surface area contributed by atoms with Gasteiger partial charge in [-0.3, -0.25) is 9.36 Å². The lowest BCUT2D eigenvalue weighted by molar-refractivity contribution is -0.870. The average molecular weight is 899 g/mol. The summed E-state index contributed by atoms with van der Waals surface area (Å²) in [7, 11) is 1.27. The standard InChI is InChI=1S/C53H107N2O6P/c1-6-8-10-12-14-16-17-18-19-20-21-22-23-24-25-26-27-28-29-30-31-32-33-34-35-36-37-39-40-42-44-46-52(56)51(50-61-62(58,59)60-49-48-55(3,4)5)54-53(57)47-45-43-41-38-15-13-11-9-7-2/h44,46,51-52,56H,6-43,45,47-50H2,1-5H3,(H-,54,57,58,59)/b46-44+. The number of rotatable bonds is 50. The molecule has 0 radical (unpaired) electrons. The number of carbonyl (C=O) groups is 1. The Balaban J connectivity index is 3.98. The van der Waals surface area contributed by atoms with Crippen LogP contribution in [0.5, 0.6) is 0 Å². The fourth-order valence-electron chi connectivity index (χ4n) is 8.21. The van der Waals surface area contributed by atoms with Crippen LogP contribution in [-0.2, 0) is 18.4 Å². The summed E-state index contributed by atoms with van der Waals surface area (Å²) in [6.07, 6.45) is 54.5. The van der Waals surface area contributed by atoms with Crippen LogP contribution >= 0.6 is 7.82 Å². The second-order valence-electron chi connectivity index (χ2n) is 19.9. The molecule has 0 aliphatic rings. The van der Waals surface area contributed by atoms with Crippen LogP contribution in [0.25, 0.3) is 0 Å². The summed E-state index contributed by atoms with van der Waals surface area (Å²) in [6.45, 7) is 4.65. The summed E-state index contributed by atoms with van der Waals surface area (Å²) in [5, 5.41) is 13.8. The lowest BCUT2D eigenvalue weighted by atomic mass is 10.0. The number of nitrogens with zero attached hydrogens (tertiary/aromatic N) is 1. The highest BCUT2D eigenvalue weighted by atomic mass is 31.2. The van der Waals surface area contributed by atoms with Crippen molar-refractivity contribution in [1.29, 1.82) is 0 Å². The summed E-state index contributed by atoms with van der Waals surface area (Å²) in [5.74, 6) is -0.198. The number of phosphoric acid groups is 1. The SMILES string of the molecule is CCCCCCCCCCCCCCCCCCCCCCCCCCCCCCC/C=C/C(O)C(COP(=O)([O-])OCC[N+](C)(C)C)NC(=O)CCCCCCCCCCC. The molecular formula is C53H107N2O6P. The molecule has 0 saturated carbocycles. The van der Waals surface area contributed by atoms with Crippen LogP contribution in [0.1, 0.15) is 271 Å². The van der Waals surface area contributed by atoms with Gasteiger partial charge in [0.1, 0.15) is 13.2 Å². The summed E-state index contributed by atoms with van der Waals surface area (Å²) >= 11 is 0. The molecule has 0 aromatic carbocycles. The van der Waals surface area contributed by atoms with Gasteiger partial charge in [-0.25, -0.2) is 0 Å². The van der Waals surface area contributed by atoms with Gasteiger partial charge in [-0.05, 0) is 19.3 Å². The Morgan fingerprint density at radius 3 is 1.21 bits per heavy atom. The minimum atomic E-state index is -4.58. The molecular weight excluding hydrogens is 792 g/mol. The van der Waals surface area contributed by atoms with E-state index in [0.29, 0.717) is 17.4 Å². The molecule has 0 aliphatic heterocycles. The van der Waals surface area contributed by atoms with E-state index in [0.717, 1.165) is 38.5 Å². The molecule has 9 heteroatoms. The van der Waals surface area contributed by atoms with E-state index in [-0.39, 0.29) is 19.1 Å². The van der Waals surface area contributed by atoms with Crippen molar-refractivity contribution in [3.05, 3.63) is 12.2 Å². The number of carbonyl (C=O) groups excluding carboxylic acids is 1. The van der Waals surface area contributed by atoms with Gasteiger partial charge in [0, 0.05) is 6.42 Å². The quantitative estimate of drug-likeness (QED) is 0.0272. The van der Waals surface area contributed by atoms with Crippen LogP contribution in [0, 0.1) is 0 Å². The van der Waals surface area contributed by atoms with Crippen molar-refractivity contribution in [3.8, 4) is 0 Å². The van der Waals surface area contributed by atoms with E-state index in [9.17, 15) is 19.4 Å². The third-order valence-corrected chi connectivity index (χ3v) is 13.5. The summed E-state index contributed by atoms with van der Waals surface area (Å²) < 4.78 is 23.2. The molecule has 0 spiro atoms. The lowest BCUT2D eigenvalue weighted by Crippen LogP contribution is -2.45. The van der Waals surface area contributed by atoms with Crippen LogP contribution in [0.3, 0.4) is 0 Å². The van der Waals surface area contributed by atoms with Gasteiger partial charge in [-0.2, -0.15) is 0 Å². The largest absolute Gasteiger partial charge is 0.756 e. The predicted molar refractivity (Wildman–Crippen MR) is 266 cm³/mol. The second kappa shape index (κ2) is 45.4. The van der Waals surface area contributed by atoms with E-state index in [2.05, 4.69) is 19.2 Å². The van der Waals surface area contributed by atoms with E-state index in [1.165, 1.54) is 212 Å². The summed E-state index contributed by atoms with van der Waals surface area (Å²) in [5.41, 5.74) is 0. The number of nitrogens with one attached hydrogen (secondary N) is 1. The summed E-state index contributed by atoms with van der Waals surface area (Å²) in [6, 6.07) is -0.880. The maximum atomic E-state index is 12.8. The monoisotopic (exact) mass is 899 g/mol. The number of phosphoric ester groups is 1. The van der Waals surface area contributed by atoms with E-state index in [1.807, 2.05) is 27.2 Å². The number of likely N-dealkylation sites (N-methyl/N-ethyl adjacent to an activating group) is 1. The Hall–Kier alpha value is -0.760. The average Bonchev–Trinajstić information content (AvgIpc) is 3.23. The van der Waals surface area contributed by atoms with Crippen molar-refractivity contribution in [3.63, 3.8) is 0 Å². The van der Waals surface area contributed by atoms with Gasteiger partial charge in [0.05, 0.1) is 39.9 Å². The van der Waals surface area contributed by atoms with Crippen LogP contribution in [0.4, 0.5) is 0 Å². The molecule has 3 unspecified atom stereocenters. The van der Waals surface area contributed by atoms with E-state index in [4.69, 9.17) is 9.05 Å². The molecule has 370 valence electrons. The smallest absolute Gasteiger partial charge is 0.268 e. The maximum absolute atomic E-state index is 12.8. The molecule has 0 saturated heterocycles. The highest BCUT2D eigenvalue weighted by Crippen LogP contribution is 2.38. The van der Waals surface area contributed by atoms with Crippen molar-refractivity contribution in [2.24, 2.45) is 0 Å². The van der Waals surface area contributed by atoms with Crippen molar-refractivity contribution >= 4 is 13.7 Å². The molecule has 1 amide bonds. The first-order chi connectivity index (χ1) is 30.0. The highest BCUT2D eigenvalue weighted by molar-refractivity contribution is 7.45. The van der Waals surface area contributed by atoms with Crippen molar-refractivity contribution in [2.75, 3.05) is 40.9 Å². The molecule has 3 atom stereocenters. The fourth-order valence-corrected chi connectivity index (χ4v) is 8.94. The molecule has 0 aromatic rings. The maximum Gasteiger partial charge on any atom is 0.268 e. The second-order valence-corrected chi connectivity index (χ2v) is 21.4. The van der Waals surface area contributed by atoms with Crippen LogP contribution in [0.2, 0.25) is 0 Å². The molecule has 8 nitrogen and oxygen atoms in total. The molecule has 0 heterocycles. The van der Waals surface area contributed by atoms with Gasteiger partial charge in [0.15, 0.2) is 0 Å². The number of allylic oxidation sites excluding steroid dienone is 1. The van der Waals surface area contributed by atoms with Gasteiger partial charge >= 0.3 is 0 Å². The zero-order chi connectivity index (χ0) is 45.7. The molecule has 2 N–H and O–H groups in total. The predicted octanol–water partition coefficient (Wildman–Crippen LogP) is 15.2. The molecule has 0 fully saturated rings. The Kier molecular flexibility index (Phi) is 44.8. The van der Waals surface area contributed by atoms with Crippen LogP contribution in [0.15, 0.2) is 12.2 Å². The Bertz CT molecular complexity index is 1020. The Morgan fingerprint density at radius 2 is 0.871 bits per heavy atom. The zero-order valence-corrected chi connectivity index (χ0v) is 43.0. The molecule has 0 bridgehead atoms. The zero-order valence-electron chi connectivity index (χ0n) is 42.1. The molecule has 62 heavy (non-hydrogen) atoms. The Labute approximate surface area is 386 Å². The van der Waals surface area contributed by atoms with Gasteiger partial charge in [-0.15, -0.1) is 0 Å². The van der Waals surface area contributed by atoms with E-state index >= 15 is 0 Å². The number of hydrogen-bond donors (Lipinski definition) is 2. The number of quaternary nitrogens is 1. The number of amides is 1. The number of aliphatic hydroxyl groups excluding tert-OH is 1. The first-order valence-electron chi connectivity index (χ1n) is 27.1. The van der Waals surface area contributed by atoms with Crippen molar-refractivity contribution in [2.45, 2.75) is 283 Å². The topological polar surface area (TPSA) is 108 Å². The minimum absolute atomic E-state index is 0.00203. The normalized spacial score (nSPS) is 14.1. The molecule has 0 rings (SSSR count). The third kappa shape index (κ3) is 47.2. The van der Waals surface area contributed by atoms with Crippen molar-refractivity contribution in [1.82, 2.24) is 5.32 Å². The number of hydrogen-bond acceptors (Lipinski definition) is 6. The minimum Gasteiger partial charge on any atom is -0.756 e. The Morgan fingerprint density at radius 1 is 0.548 bits per heavy atom. The lowest BCUT2D eigenvalue weighted by Gasteiger charge is -2.29. The van der Waals surface area contributed by atoms with Gasteiger partial charge in [-0.1, -0.05) is 257 Å². The number of unbranched alkanes of at least 4 members (excludes halogenated alkanes) is 37. The van der Waals surface area contributed by atoms with Crippen LogP contribution < -0.4 is 10.2 Å². The molecule has 0 aliphatic carbocycles. The van der Waals surface area contributed by atoms with E-state index < -0.39 is 20.0 Å². The van der Waals surface area contributed by atoms with Crippen molar-refractivity contribution < 1.29 is 32.9 Å². The highest BCUT2D eigenvalue weighted by Gasteiger charge is 2.23. The third-order valence-electron chi connectivity index (χ3n) is 12.5. The summed E-state index contributed by atoms with van der Waals surface area (Å²) in [4.78, 5) is 25.3. The van der Waals surface area contributed by atoms with E-state index in [1.54, 1.807) is 6.08 Å². The van der Waals surface area contributed by atoms with Gasteiger partial charge in [0.2, 0.25) is 5.91 Å². The molecule has 0 aromatic heterocycles. The first-order valence-corrected chi connectivity index (χ1v) is 28.5. The number of aliphatic hydroxyl groups is 1. The van der Waals surface area contributed by atoms with Crippen LogP contribution in [-0.4, -0.2) is 68.5 Å². The van der Waals surface area contributed by atoms with Gasteiger partial charge < -0.3 is 28.8 Å². The first kappa shape index (κ1) is 61.2. The van der Waals surface area contributed by atoms with Gasteiger partial charge in [0.25, 0.3) is 7.82 Å².